The van der Waals surface area contributed by atoms with Gasteiger partial charge in [-0.2, -0.15) is 14.9 Å². The molecular weight excluding hydrogens is 328 g/mol. The number of aryl methyl sites for hydroxylation is 2. The molecule has 0 unspecified atom stereocenters. The standard InChI is InChI=1S/C19H18N6O/c1-13-8-14(2)25(23-13)19-22-20-12-24(19)21-11-15-4-5-17-10-18(26-3)7-6-16(17)9-15/h4-12H,1-3H3/b21-11-. The molecule has 0 N–H and O–H groups in total. The highest BCUT2D eigenvalue weighted by Crippen LogP contribution is 2.21. The first kappa shape index (κ1) is 16.0. The van der Waals surface area contributed by atoms with Crippen LogP contribution < -0.4 is 4.74 Å². The molecule has 0 aliphatic heterocycles. The predicted molar refractivity (Wildman–Crippen MR) is 100 cm³/mol. The highest BCUT2D eigenvalue weighted by Gasteiger charge is 2.10. The molecule has 0 saturated heterocycles. The number of benzene rings is 2. The van der Waals surface area contributed by atoms with E-state index in [2.05, 4.69) is 26.5 Å². The summed E-state index contributed by atoms with van der Waals surface area (Å²) in [5, 5.41) is 19.2. The Morgan fingerprint density at radius 2 is 1.85 bits per heavy atom. The maximum absolute atomic E-state index is 5.26. The number of nitrogens with zero attached hydrogens (tertiary/aromatic N) is 6. The molecular formula is C19H18N6O. The van der Waals surface area contributed by atoms with E-state index in [1.54, 1.807) is 29.0 Å². The minimum Gasteiger partial charge on any atom is -0.497 e. The van der Waals surface area contributed by atoms with E-state index in [0.29, 0.717) is 5.95 Å². The number of hydrogen-bond acceptors (Lipinski definition) is 5. The van der Waals surface area contributed by atoms with Crippen LogP contribution in [-0.4, -0.2) is 38.0 Å². The number of aromatic nitrogens is 5. The van der Waals surface area contributed by atoms with E-state index in [1.807, 2.05) is 50.2 Å². The molecule has 7 nitrogen and oxygen atoms in total. The van der Waals surface area contributed by atoms with Gasteiger partial charge < -0.3 is 4.74 Å². The van der Waals surface area contributed by atoms with Crippen molar-refractivity contribution in [3.8, 4) is 11.7 Å². The van der Waals surface area contributed by atoms with Gasteiger partial charge in [0.2, 0.25) is 0 Å². The fraction of sp³-hybridized carbons (Fsp3) is 0.158. The average Bonchev–Trinajstić information content (AvgIpc) is 3.24. The van der Waals surface area contributed by atoms with E-state index in [0.717, 1.165) is 33.5 Å². The molecule has 7 heteroatoms. The van der Waals surface area contributed by atoms with Crippen LogP contribution in [0.5, 0.6) is 5.75 Å². The summed E-state index contributed by atoms with van der Waals surface area (Å²) >= 11 is 0. The highest BCUT2D eigenvalue weighted by atomic mass is 16.5. The van der Waals surface area contributed by atoms with Crippen LogP contribution in [0.15, 0.2) is 53.9 Å². The number of methoxy groups -OCH3 is 1. The Morgan fingerprint density at radius 3 is 2.62 bits per heavy atom. The molecule has 4 rings (SSSR count). The molecule has 0 aliphatic rings. The van der Waals surface area contributed by atoms with Crippen LogP contribution in [0.3, 0.4) is 0 Å². The van der Waals surface area contributed by atoms with Gasteiger partial charge in [-0.05, 0) is 54.4 Å². The van der Waals surface area contributed by atoms with Gasteiger partial charge in [-0.3, -0.25) is 0 Å². The second-order valence-electron chi connectivity index (χ2n) is 6.03. The lowest BCUT2D eigenvalue weighted by Gasteiger charge is -2.04. The fourth-order valence-corrected chi connectivity index (χ4v) is 2.85. The minimum atomic E-state index is 0.553. The first-order valence-corrected chi connectivity index (χ1v) is 8.20. The third-order valence-electron chi connectivity index (χ3n) is 4.11. The van der Waals surface area contributed by atoms with Crippen molar-refractivity contribution >= 4 is 17.0 Å². The average molecular weight is 346 g/mol. The van der Waals surface area contributed by atoms with Crippen molar-refractivity contribution in [2.24, 2.45) is 5.10 Å². The van der Waals surface area contributed by atoms with Crippen molar-refractivity contribution in [2.45, 2.75) is 13.8 Å². The van der Waals surface area contributed by atoms with Crippen LogP contribution in [0.1, 0.15) is 17.0 Å². The molecule has 2 heterocycles. The zero-order chi connectivity index (χ0) is 18.1. The van der Waals surface area contributed by atoms with Gasteiger partial charge in [-0.15, -0.1) is 10.2 Å². The molecule has 0 atom stereocenters. The molecule has 0 fully saturated rings. The molecule has 0 amide bonds. The van der Waals surface area contributed by atoms with Crippen molar-refractivity contribution in [1.82, 2.24) is 24.7 Å². The summed E-state index contributed by atoms with van der Waals surface area (Å²) < 4.78 is 8.60. The summed E-state index contributed by atoms with van der Waals surface area (Å²) in [4.78, 5) is 0. The Balaban J connectivity index is 1.66. The molecule has 0 aliphatic carbocycles. The Morgan fingerprint density at radius 1 is 1.04 bits per heavy atom. The van der Waals surface area contributed by atoms with Crippen LogP contribution in [-0.2, 0) is 0 Å². The number of ether oxygens (including phenoxy) is 1. The fourth-order valence-electron chi connectivity index (χ4n) is 2.85. The van der Waals surface area contributed by atoms with Crippen LogP contribution in [0.2, 0.25) is 0 Å². The summed E-state index contributed by atoms with van der Waals surface area (Å²) in [7, 11) is 1.67. The molecule has 26 heavy (non-hydrogen) atoms. The minimum absolute atomic E-state index is 0.553. The summed E-state index contributed by atoms with van der Waals surface area (Å²) in [6, 6.07) is 14.1. The van der Waals surface area contributed by atoms with Gasteiger partial charge in [0.05, 0.1) is 19.0 Å². The van der Waals surface area contributed by atoms with Gasteiger partial charge in [0.25, 0.3) is 5.95 Å². The Kier molecular flexibility index (Phi) is 3.96. The Hall–Kier alpha value is -3.48. The summed E-state index contributed by atoms with van der Waals surface area (Å²) in [5.41, 5.74) is 2.88. The smallest absolute Gasteiger partial charge is 0.273 e. The summed E-state index contributed by atoms with van der Waals surface area (Å²) in [6.07, 6.45) is 3.34. The second kappa shape index (κ2) is 6.44. The molecule has 2 aromatic carbocycles. The summed E-state index contributed by atoms with van der Waals surface area (Å²) in [5.74, 6) is 1.40. The summed E-state index contributed by atoms with van der Waals surface area (Å²) in [6.45, 7) is 3.91. The highest BCUT2D eigenvalue weighted by molar-refractivity contribution is 5.91. The lowest BCUT2D eigenvalue weighted by Crippen LogP contribution is -2.06. The predicted octanol–water partition coefficient (Wildman–Crippen LogP) is 3.12. The topological polar surface area (TPSA) is 70.1 Å². The first-order valence-electron chi connectivity index (χ1n) is 8.20. The van der Waals surface area contributed by atoms with Crippen LogP contribution in [0.4, 0.5) is 0 Å². The Labute approximate surface area is 150 Å². The van der Waals surface area contributed by atoms with Gasteiger partial charge in [-0.25, -0.2) is 4.68 Å². The number of hydrogen-bond donors (Lipinski definition) is 0. The lowest BCUT2D eigenvalue weighted by molar-refractivity contribution is 0.415. The lowest BCUT2D eigenvalue weighted by atomic mass is 10.1. The van der Waals surface area contributed by atoms with Gasteiger partial charge in [0, 0.05) is 5.69 Å². The van der Waals surface area contributed by atoms with Crippen LogP contribution >= 0.6 is 0 Å². The molecule has 4 aromatic rings. The van der Waals surface area contributed by atoms with Crippen molar-refractivity contribution in [2.75, 3.05) is 7.11 Å². The maximum atomic E-state index is 5.26. The normalized spacial score (nSPS) is 11.5. The Bertz CT molecular complexity index is 1110. The molecule has 0 radical (unpaired) electrons. The molecule has 130 valence electrons. The largest absolute Gasteiger partial charge is 0.497 e. The van der Waals surface area contributed by atoms with Crippen molar-refractivity contribution in [1.29, 1.82) is 0 Å². The van der Waals surface area contributed by atoms with Crippen LogP contribution in [0.25, 0.3) is 16.7 Å². The molecule has 0 bridgehead atoms. The molecule has 0 spiro atoms. The quantitative estimate of drug-likeness (QED) is 0.532. The van der Waals surface area contributed by atoms with Crippen molar-refractivity contribution < 1.29 is 4.74 Å². The van der Waals surface area contributed by atoms with E-state index in [9.17, 15) is 0 Å². The second-order valence-corrected chi connectivity index (χ2v) is 6.03. The van der Waals surface area contributed by atoms with Gasteiger partial charge in [-0.1, -0.05) is 18.2 Å². The maximum Gasteiger partial charge on any atom is 0.273 e. The first-order chi connectivity index (χ1) is 12.6. The van der Waals surface area contributed by atoms with Gasteiger partial charge in [0.1, 0.15) is 12.1 Å². The zero-order valence-electron chi connectivity index (χ0n) is 14.8. The molecule has 0 saturated carbocycles. The van der Waals surface area contributed by atoms with Crippen LogP contribution in [0, 0.1) is 13.8 Å². The van der Waals surface area contributed by atoms with E-state index in [1.165, 1.54) is 0 Å². The van der Waals surface area contributed by atoms with E-state index in [-0.39, 0.29) is 0 Å². The zero-order valence-corrected chi connectivity index (χ0v) is 14.8. The van der Waals surface area contributed by atoms with Gasteiger partial charge >= 0.3 is 0 Å². The van der Waals surface area contributed by atoms with Gasteiger partial charge in [0.15, 0.2) is 0 Å². The molecule has 2 aromatic heterocycles. The van der Waals surface area contributed by atoms with E-state index >= 15 is 0 Å². The monoisotopic (exact) mass is 346 g/mol. The third-order valence-corrected chi connectivity index (χ3v) is 4.11. The number of fused-ring (bicyclic) bond motifs is 1. The van der Waals surface area contributed by atoms with E-state index in [4.69, 9.17) is 4.74 Å². The third kappa shape index (κ3) is 2.95. The SMILES string of the molecule is COc1ccc2cc(/C=N\n3cnnc3-n3nc(C)cc3C)ccc2c1. The van der Waals surface area contributed by atoms with E-state index < -0.39 is 0 Å². The number of rotatable bonds is 4. The van der Waals surface area contributed by atoms with Crippen molar-refractivity contribution in [3.05, 3.63) is 65.7 Å². The van der Waals surface area contributed by atoms with Crippen molar-refractivity contribution in [3.63, 3.8) is 0 Å².